The van der Waals surface area contributed by atoms with Crippen molar-refractivity contribution in [2.45, 2.75) is 13.0 Å². The van der Waals surface area contributed by atoms with Crippen molar-refractivity contribution in [1.29, 1.82) is 0 Å². The predicted molar refractivity (Wildman–Crippen MR) is 68.6 cm³/mol. The van der Waals surface area contributed by atoms with Crippen LogP contribution < -0.4 is 15.4 Å². The molecule has 1 saturated heterocycles. The zero-order valence-electron chi connectivity index (χ0n) is 10.3. The number of nitrogens with zero attached hydrogens (tertiary/aromatic N) is 1. The highest BCUT2D eigenvalue weighted by Crippen LogP contribution is 2.22. The molecule has 4 nitrogen and oxygen atoms in total. The molecule has 0 spiro atoms. The molecule has 1 fully saturated rings. The second-order valence-electron chi connectivity index (χ2n) is 4.08. The van der Waals surface area contributed by atoms with Crippen LogP contribution >= 0.6 is 0 Å². The summed E-state index contributed by atoms with van der Waals surface area (Å²) >= 11 is 0. The topological polar surface area (TPSA) is 47.7 Å². The minimum absolute atomic E-state index is 0.279. The van der Waals surface area contributed by atoms with Gasteiger partial charge in [0, 0.05) is 18.8 Å². The Morgan fingerprint density at radius 1 is 1.41 bits per heavy atom. The summed E-state index contributed by atoms with van der Waals surface area (Å²) in [5.74, 6) is 0.911. The first-order valence-electron chi connectivity index (χ1n) is 6.12. The number of nitrogens with two attached hydrogens (primary N) is 1. The second kappa shape index (κ2) is 5.89. The van der Waals surface area contributed by atoms with Gasteiger partial charge in [0.05, 0.1) is 25.9 Å². The Kier molecular flexibility index (Phi) is 4.23. The molecule has 1 heterocycles. The molecule has 17 heavy (non-hydrogen) atoms. The van der Waals surface area contributed by atoms with Crippen LogP contribution in [0.5, 0.6) is 5.75 Å². The van der Waals surface area contributed by atoms with Crippen LogP contribution in [-0.2, 0) is 4.74 Å². The number of rotatable bonds is 4. The summed E-state index contributed by atoms with van der Waals surface area (Å²) in [6.45, 7) is 5.68. The van der Waals surface area contributed by atoms with Crippen molar-refractivity contribution in [1.82, 2.24) is 0 Å². The third-order valence-electron chi connectivity index (χ3n) is 2.98. The van der Waals surface area contributed by atoms with E-state index in [1.54, 1.807) is 0 Å². The van der Waals surface area contributed by atoms with Gasteiger partial charge >= 0.3 is 0 Å². The van der Waals surface area contributed by atoms with Crippen LogP contribution in [-0.4, -0.2) is 39.0 Å². The zero-order chi connectivity index (χ0) is 12.1. The highest BCUT2D eigenvalue weighted by atomic mass is 16.5. The SMILES string of the molecule is CCOc1ccc(N2CCOCC2CN)cc1. The molecule has 0 amide bonds. The Hall–Kier alpha value is -1.26. The monoisotopic (exact) mass is 236 g/mol. The lowest BCUT2D eigenvalue weighted by Crippen LogP contribution is -2.49. The predicted octanol–water partition coefficient (Wildman–Crippen LogP) is 1.25. The van der Waals surface area contributed by atoms with Crippen molar-refractivity contribution >= 4 is 5.69 Å². The van der Waals surface area contributed by atoms with Crippen molar-refractivity contribution in [3.05, 3.63) is 24.3 Å². The Bertz CT molecular complexity index is 340. The van der Waals surface area contributed by atoms with Crippen LogP contribution in [0.25, 0.3) is 0 Å². The number of anilines is 1. The van der Waals surface area contributed by atoms with Crippen LogP contribution in [0.1, 0.15) is 6.92 Å². The summed E-state index contributed by atoms with van der Waals surface area (Å²) < 4.78 is 10.9. The molecule has 1 aliphatic heterocycles. The van der Waals surface area contributed by atoms with E-state index in [2.05, 4.69) is 17.0 Å². The fourth-order valence-corrected chi connectivity index (χ4v) is 2.09. The fourth-order valence-electron chi connectivity index (χ4n) is 2.09. The maximum absolute atomic E-state index is 5.76. The summed E-state index contributed by atoms with van der Waals surface area (Å²) in [5.41, 5.74) is 6.95. The normalized spacial score (nSPS) is 20.4. The van der Waals surface area contributed by atoms with Gasteiger partial charge in [-0.2, -0.15) is 0 Å². The Morgan fingerprint density at radius 3 is 2.82 bits per heavy atom. The van der Waals surface area contributed by atoms with Crippen molar-refractivity contribution < 1.29 is 9.47 Å². The van der Waals surface area contributed by atoms with E-state index in [1.165, 1.54) is 5.69 Å². The molecule has 4 heteroatoms. The first kappa shape index (κ1) is 12.2. The van der Waals surface area contributed by atoms with Gasteiger partial charge in [-0.1, -0.05) is 0 Å². The van der Waals surface area contributed by atoms with Crippen LogP contribution in [0.2, 0.25) is 0 Å². The fraction of sp³-hybridized carbons (Fsp3) is 0.538. The lowest BCUT2D eigenvalue weighted by molar-refractivity contribution is 0.0963. The van der Waals surface area contributed by atoms with Gasteiger partial charge in [-0.3, -0.25) is 0 Å². The molecule has 0 bridgehead atoms. The van der Waals surface area contributed by atoms with Gasteiger partial charge in [-0.25, -0.2) is 0 Å². The van der Waals surface area contributed by atoms with Crippen molar-refractivity contribution in [3.63, 3.8) is 0 Å². The van der Waals surface area contributed by atoms with Crippen molar-refractivity contribution in [2.75, 3.05) is 37.8 Å². The van der Waals surface area contributed by atoms with E-state index in [0.29, 0.717) is 19.8 Å². The Labute approximate surface area is 102 Å². The molecular formula is C13H20N2O2. The highest BCUT2D eigenvalue weighted by molar-refractivity contribution is 5.50. The van der Waals surface area contributed by atoms with Gasteiger partial charge in [-0.05, 0) is 31.2 Å². The van der Waals surface area contributed by atoms with E-state index in [9.17, 15) is 0 Å². The van der Waals surface area contributed by atoms with E-state index in [1.807, 2.05) is 19.1 Å². The quantitative estimate of drug-likeness (QED) is 0.854. The summed E-state index contributed by atoms with van der Waals surface area (Å²) in [4.78, 5) is 2.30. The maximum Gasteiger partial charge on any atom is 0.119 e. The minimum atomic E-state index is 0.279. The molecule has 94 valence electrons. The summed E-state index contributed by atoms with van der Waals surface area (Å²) in [6.07, 6.45) is 0. The molecular weight excluding hydrogens is 216 g/mol. The molecule has 1 aromatic carbocycles. The highest BCUT2D eigenvalue weighted by Gasteiger charge is 2.21. The molecule has 0 aliphatic carbocycles. The number of benzene rings is 1. The van der Waals surface area contributed by atoms with Crippen molar-refractivity contribution in [2.24, 2.45) is 5.73 Å². The molecule has 1 unspecified atom stereocenters. The number of hydrogen-bond acceptors (Lipinski definition) is 4. The molecule has 1 aliphatic rings. The van der Waals surface area contributed by atoms with E-state index in [0.717, 1.165) is 18.9 Å². The first-order valence-corrected chi connectivity index (χ1v) is 6.12. The molecule has 0 saturated carbocycles. The average molecular weight is 236 g/mol. The third kappa shape index (κ3) is 2.90. The van der Waals surface area contributed by atoms with Gasteiger partial charge in [0.15, 0.2) is 0 Å². The summed E-state index contributed by atoms with van der Waals surface area (Å²) in [7, 11) is 0. The lowest BCUT2D eigenvalue weighted by atomic mass is 10.2. The van der Waals surface area contributed by atoms with E-state index >= 15 is 0 Å². The van der Waals surface area contributed by atoms with Crippen LogP contribution in [0.15, 0.2) is 24.3 Å². The van der Waals surface area contributed by atoms with Gasteiger partial charge in [0.2, 0.25) is 0 Å². The smallest absolute Gasteiger partial charge is 0.119 e. The Morgan fingerprint density at radius 2 is 2.18 bits per heavy atom. The zero-order valence-corrected chi connectivity index (χ0v) is 10.3. The standard InChI is InChI=1S/C13H20N2O2/c1-2-17-13-5-3-11(4-6-13)15-7-8-16-10-12(15)9-14/h3-6,12H,2,7-10,14H2,1H3. The molecule has 2 N–H and O–H groups in total. The van der Waals surface area contributed by atoms with Gasteiger partial charge in [0.25, 0.3) is 0 Å². The van der Waals surface area contributed by atoms with Crippen LogP contribution in [0.3, 0.4) is 0 Å². The number of hydrogen-bond donors (Lipinski definition) is 1. The summed E-state index contributed by atoms with van der Waals surface area (Å²) in [5, 5.41) is 0. The molecule has 0 aromatic heterocycles. The molecule has 2 rings (SSSR count). The average Bonchev–Trinajstić information content (AvgIpc) is 2.40. The molecule has 0 radical (unpaired) electrons. The summed E-state index contributed by atoms with van der Waals surface area (Å²) in [6, 6.07) is 8.45. The van der Waals surface area contributed by atoms with E-state index in [-0.39, 0.29) is 6.04 Å². The van der Waals surface area contributed by atoms with Crippen LogP contribution in [0.4, 0.5) is 5.69 Å². The van der Waals surface area contributed by atoms with Gasteiger partial charge in [0.1, 0.15) is 5.75 Å². The first-order chi connectivity index (χ1) is 8.35. The van der Waals surface area contributed by atoms with Gasteiger partial charge in [-0.15, -0.1) is 0 Å². The van der Waals surface area contributed by atoms with Crippen molar-refractivity contribution in [3.8, 4) is 5.75 Å². The Balaban J connectivity index is 2.09. The second-order valence-corrected chi connectivity index (χ2v) is 4.08. The molecule has 1 aromatic rings. The maximum atomic E-state index is 5.76. The van der Waals surface area contributed by atoms with Crippen LogP contribution in [0, 0.1) is 0 Å². The largest absolute Gasteiger partial charge is 0.494 e. The lowest BCUT2D eigenvalue weighted by Gasteiger charge is -2.36. The van der Waals surface area contributed by atoms with E-state index < -0.39 is 0 Å². The number of ether oxygens (including phenoxy) is 2. The minimum Gasteiger partial charge on any atom is -0.494 e. The third-order valence-corrected chi connectivity index (χ3v) is 2.98. The van der Waals surface area contributed by atoms with E-state index in [4.69, 9.17) is 15.2 Å². The number of morpholine rings is 1. The molecule has 1 atom stereocenters. The van der Waals surface area contributed by atoms with Gasteiger partial charge < -0.3 is 20.1 Å².